The molecule has 0 aliphatic heterocycles. The monoisotopic (exact) mass is 277 g/mol. The van der Waals surface area contributed by atoms with Crippen molar-refractivity contribution in [2.45, 2.75) is 34.1 Å². The highest BCUT2D eigenvalue weighted by Gasteiger charge is 2.18. The minimum atomic E-state index is -0.391. The van der Waals surface area contributed by atoms with Crippen LogP contribution in [0.3, 0.4) is 0 Å². The van der Waals surface area contributed by atoms with Crippen molar-refractivity contribution in [2.24, 2.45) is 0 Å². The Bertz CT molecular complexity index is 485. The fourth-order valence-corrected chi connectivity index (χ4v) is 2.35. The van der Waals surface area contributed by atoms with Gasteiger partial charge in [0.1, 0.15) is 6.54 Å². The maximum Gasteiger partial charge on any atom is 0.325 e. The molecule has 0 aliphatic rings. The first-order valence-electron chi connectivity index (χ1n) is 6.80. The summed E-state index contributed by atoms with van der Waals surface area (Å²) in [4.78, 5) is 25.1. The largest absolute Gasteiger partial charge is 0.468 e. The number of methoxy groups -OCH3 is 1. The van der Waals surface area contributed by atoms with E-state index in [0.717, 1.165) is 16.7 Å². The maximum atomic E-state index is 12.3. The second-order valence-corrected chi connectivity index (χ2v) is 5.04. The number of aryl methyl sites for hydroxylation is 3. The smallest absolute Gasteiger partial charge is 0.325 e. The molecule has 0 aliphatic carbocycles. The van der Waals surface area contributed by atoms with Crippen LogP contribution in [0.5, 0.6) is 0 Å². The molecule has 0 atom stereocenters. The average Bonchev–Trinajstić information content (AvgIpc) is 2.39. The lowest BCUT2D eigenvalue weighted by atomic mass is 9.97. The van der Waals surface area contributed by atoms with Gasteiger partial charge in [-0.05, 0) is 44.4 Å². The predicted octanol–water partition coefficient (Wildman–Crippen LogP) is 2.18. The summed E-state index contributed by atoms with van der Waals surface area (Å²) in [6, 6.07) is 4.15. The number of likely N-dealkylation sites (N-methyl/N-ethyl adjacent to an activating group) is 1. The van der Waals surface area contributed by atoms with Crippen LogP contribution < -0.4 is 0 Å². The number of nitrogens with zero attached hydrogens (tertiary/aromatic N) is 1. The van der Waals surface area contributed by atoms with Gasteiger partial charge in [-0.1, -0.05) is 17.7 Å². The van der Waals surface area contributed by atoms with Gasteiger partial charge in [-0.15, -0.1) is 0 Å². The van der Waals surface area contributed by atoms with Crippen LogP contribution in [0, 0.1) is 20.8 Å². The molecular formula is C16H23NO3. The molecule has 0 N–H and O–H groups in total. The molecule has 0 bridgehead atoms. The molecule has 110 valence electrons. The zero-order chi connectivity index (χ0) is 15.3. The summed E-state index contributed by atoms with van der Waals surface area (Å²) >= 11 is 0. The van der Waals surface area contributed by atoms with Gasteiger partial charge in [-0.3, -0.25) is 9.59 Å². The van der Waals surface area contributed by atoms with E-state index < -0.39 is 5.97 Å². The van der Waals surface area contributed by atoms with Gasteiger partial charge in [0.15, 0.2) is 0 Å². The number of amides is 1. The highest BCUT2D eigenvalue weighted by Crippen LogP contribution is 2.17. The van der Waals surface area contributed by atoms with E-state index in [1.165, 1.54) is 17.6 Å². The van der Waals surface area contributed by atoms with Crippen LogP contribution in [0.1, 0.15) is 29.2 Å². The third-order valence-electron chi connectivity index (χ3n) is 3.45. The Morgan fingerprint density at radius 1 is 1.15 bits per heavy atom. The molecule has 1 aromatic carbocycles. The van der Waals surface area contributed by atoms with Gasteiger partial charge >= 0.3 is 5.97 Å². The van der Waals surface area contributed by atoms with Crippen molar-refractivity contribution in [1.82, 2.24) is 4.90 Å². The maximum absolute atomic E-state index is 12.3. The Balaban J connectivity index is 2.86. The van der Waals surface area contributed by atoms with E-state index in [2.05, 4.69) is 16.9 Å². The number of hydrogen-bond acceptors (Lipinski definition) is 3. The molecular weight excluding hydrogens is 254 g/mol. The normalized spacial score (nSPS) is 10.2. The number of ether oxygens (including phenoxy) is 1. The van der Waals surface area contributed by atoms with Gasteiger partial charge in [-0.25, -0.2) is 0 Å². The summed E-state index contributed by atoms with van der Waals surface area (Å²) < 4.78 is 4.61. The molecule has 20 heavy (non-hydrogen) atoms. The number of carbonyl (C=O) groups excluding carboxylic acids is 2. The van der Waals surface area contributed by atoms with Crippen LogP contribution in [0.15, 0.2) is 12.1 Å². The summed E-state index contributed by atoms with van der Waals surface area (Å²) in [6.45, 7) is 8.43. The quantitative estimate of drug-likeness (QED) is 0.775. The molecule has 0 fully saturated rings. The first-order chi connectivity index (χ1) is 9.38. The fourth-order valence-electron chi connectivity index (χ4n) is 2.35. The Morgan fingerprint density at radius 2 is 1.70 bits per heavy atom. The number of rotatable bonds is 5. The summed E-state index contributed by atoms with van der Waals surface area (Å²) in [7, 11) is 1.33. The first kappa shape index (κ1) is 16.2. The highest BCUT2D eigenvalue weighted by molar-refractivity contribution is 5.84. The van der Waals surface area contributed by atoms with E-state index in [1.807, 2.05) is 27.7 Å². The zero-order valence-electron chi connectivity index (χ0n) is 12.9. The molecule has 1 amide bonds. The molecule has 4 heteroatoms. The Kier molecular flexibility index (Phi) is 5.74. The molecule has 0 spiro atoms. The molecule has 0 saturated heterocycles. The third-order valence-corrected chi connectivity index (χ3v) is 3.45. The van der Waals surface area contributed by atoms with Crippen molar-refractivity contribution >= 4 is 11.9 Å². The molecule has 0 radical (unpaired) electrons. The van der Waals surface area contributed by atoms with Crippen LogP contribution in [-0.4, -0.2) is 37.0 Å². The molecule has 1 aromatic rings. The lowest BCUT2D eigenvalue weighted by Gasteiger charge is -2.20. The van der Waals surface area contributed by atoms with Crippen molar-refractivity contribution in [3.8, 4) is 0 Å². The number of carbonyl (C=O) groups is 2. The lowest BCUT2D eigenvalue weighted by Crippen LogP contribution is -2.37. The van der Waals surface area contributed by atoms with Gasteiger partial charge in [0, 0.05) is 6.54 Å². The van der Waals surface area contributed by atoms with Gasteiger partial charge in [0.2, 0.25) is 5.91 Å². The van der Waals surface area contributed by atoms with Crippen molar-refractivity contribution in [3.63, 3.8) is 0 Å². The second-order valence-electron chi connectivity index (χ2n) is 5.04. The molecule has 1 rings (SSSR count). The number of hydrogen-bond donors (Lipinski definition) is 0. The fraction of sp³-hybridized carbons (Fsp3) is 0.500. The van der Waals surface area contributed by atoms with Gasteiger partial charge in [0.05, 0.1) is 13.5 Å². The van der Waals surface area contributed by atoms with Gasteiger partial charge < -0.3 is 9.64 Å². The van der Waals surface area contributed by atoms with Gasteiger partial charge in [-0.2, -0.15) is 0 Å². The SMILES string of the molecule is CCN(CC(=O)OC)C(=O)Cc1c(C)cc(C)cc1C. The molecule has 0 aromatic heterocycles. The molecule has 0 heterocycles. The van der Waals surface area contributed by atoms with Crippen LogP contribution in [0.4, 0.5) is 0 Å². The van der Waals surface area contributed by atoms with E-state index in [9.17, 15) is 9.59 Å². The van der Waals surface area contributed by atoms with Crippen LogP contribution in [0.25, 0.3) is 0 Å². The van der Waals surface area contributed by atoms with Crippen molar-refractivity contribution < 1.29 is 14.3 Å². The van der Waals surface area contributed by atoms with E-state index in [1.54, 1.807) is 0 Å². The summed E-state index contributed by atoms with van der Waals surface area (Å²) in [5.41, 5.74) is 4.47. The minimum Gasteiger partial charge on any atom is -0.468 e. The molecule has 0 saturated carbocycles. The van der Waals surface area contributed by atoms with Crippen LogP contribution in [-0.2, 0) is 20.7 Å². The summed E-state index contributed by atoms with van der Waals surface area (Å²) in [5.74, 6) is -0.439. The zero-order valence-corrected chi connectivity index (χ0v) is 12.9. The van der Waals surface area contributed by atoms with Crippen LogP contribution in [0.2, 0.25) is 0 Å². The first-order valence-corrected chi connectivity index (χ1v) is 6.80. The van der Waals surface area contributed by atoms with Crippen molar-refractivity contribution in [3.05, 3.63) is 34.4 Å². The molecule has 0 unspecified atom stereocenters. The van der Waals surface area contributed by atoms with E-state index in [4.69, 9.17) is 0 Å². The van der Waals surface area contributed by atoms with Gasteiger partial charge in [0.25, 0.3) is 0 Å². The lowest BCUT2D eigenvalue weighted by molar-refractivity contribution is -0.146. The second kappa shape index (κ2) is 7.08. The Hall–Kier alpha value is -1.84. The number of esters is 1. The van der Waals surface area contributed by atoms with E-state index in [-0.39, 0.29) is 12.5 Å². The minimum absolute atomic E-state index is 0.00971. The van der Waals surface area contributed by atoms with Crippen LogP contribution >= 0.6 is 0 Å². The topological polar surface area (TPSA) is 46.6 Å². The summed E-state index contributed by atoms with van der Waals surface area (Å²) in [5, 5.41) is 0. The Morgan fingerprint density at radius 3 is 2.15 bits per heavy atom. The standard InChI is InChI=1S/C16H23NO3/c1-6-17(10-16(19)20-5)15(18)9-14-12(3)7-11(2)8-13(14)4/h7-8H,6,9-10H2,1-5H3. The average molecular weight is 277 g/mol. The molecule has 4 nitrogen and oxygen atoms in total. The highest BCUT2D eigenvalue weighted by atomic mass is 16.5. The third kappa shape index (κ3) is 4.08. The van der Waals surface area contributed by atoms with E-state index in [0.29, 0.717) is 13.0 Å². The number of benzene rings is 1. The van der Waals surface area contributed by atoms with E-state index >= 15 is 0 Å². The predicted molar refractivity (Wildman–Crippen MR) is 78.6 cm³/mol. The van der Waals surface area contributed by atoms with Crippen molar-refractivity contribution in [2.75, 3.05) is 20.2 Å². The Labute approximate surface area is 120 Å². The summed E-state index contributed by atoms with van der Waals surface area (Å²) in [6.07, 6.45) is 0.322. The van der Waals surface area contributed by atoms with Crippen molar-refractivity contribution in [1.29, 1.82) is 0 Å².